The van der Waals surface area contributed by atoms with Gasteiger partial charge in [0.25, 0.3) is 0 Å². The molecule has 0 aromatic heterocycles. The molecule has 0 aliphatic heterocycles. The number of aliphatic hydroxyl groups is 1. The molecule has 1 N–H and O–H groups in total. The molecular formula is C37H74O3. The molecule has 0 amide bonds. The molecule has 0 spiro atoms. The van der Waals surface area contributed by atoms with Crippen molar-refractivity contribution in [1.29, 1.82) is 0 Å². The monoisotopic (exact) mass is 567 g/mol. The second-order valence-corrected chi connectivity index (χ2v) is 12.3. The molecule has 0 bridgehead atoms. The minimum Gasteiger partial charge on any atom is -0.394 e. The summed E-state index contributed by atoms with van der Waals surface area (Å²) >= 11 is 0. The molecule has 40 heavy (non-hydrogen) atoms. The third-order valence-corrected chi connectivity index (χ3v) is 8.16. The van der Waals surface area contributed by atoms with E-state index in [2.05, 4.69) is 26.0 Å². The van der Waals surface area contributed by atoms with Crippen LogP contribution < -0.4 is 0 Å². The second-order valence-electron chi connectivity index (χ2n) is 12.3. The van der Waals surface area contributed by atoms with E-state index < -0.39 is 0 Å². The maximum Gasteiger partial charge on any atom is 0.104 e. The number of allylic oxidation sites excluding steroid dienone is 2. The largest absolute Gasteiger partial charge is 0.394 e. The maximum absolute atomic E-state index is 9.58. The highest BCUT2D eigenvalue weighted by Crippen LogP contribution is 2.13. The summed E-state index contributed by atoms with van der Waals surface area (Å²) in [6, 6.07) is 0. The lowest BCUT2D eigenvalue weighted by molar-refractivity contribution is -0.0437. The zero-order valence-electron chi connectivity index (χ0n) is 27.6. The van der Waals surface area contributed by atoms with Crippen molar-refractivity contribution in [2.75, 3.05) is 26.4 Å². The molecule has 240 valence electrons. The van der Waals surface area contributed by atoms with Crippen LogP contribution in [0.4, 0.5) is 0 Å². The Kier molecular flexibility index (Phi) is 36.3. The predicted octanol–water partition coefficient (Wildman–Crippen LogP) is 11.9. The Morgan fingerprint density at radius 2 is 0.800 bits per heavy atom. The average molecular weight is 567 g/mol. The van der Waals surface area contributed by atoms with Gasteiger partial charge in [0.1, 0.15) is 6.10 Å². The summed E-state index contributed by atoms with van der Waals surface area (Å²) in [7, 11) is 0. The van der Waals surface area contributed by atoms with E-state index >= 15 is 0 Å². The first kappa shape index (κ1) is 39.6. The van der Waals surface area contributed by atoms with Crippen molar-refractivity contribution in [2.45, 2.75) is 200 Å². The van der Waals surface area contributed by atoms with E-state index in [4.69, 9.17) is 9.47 Å². The molecular weight excluding hydrogens is 492 g/mol. The molecule has 0 aromatic rings. The summed E-state index contributed by atoms with van der Waals surface area (Å²) in [5.41, 5.74) is 0. The lowest BCUT2D eigenvalue weighted by atomic mass is 10.0. The number of hydrogen-bond donors (Lipinski definition) is 1. The first-order valence-corrected chi connectivity index (χ1v) is 18.3. The highest BCUT2D eigenvalue weighted by Gasteiger charge is 2.07. The van der Waals surface area contributed by atoms with Crippen molar-refractivity contribution in [3.05, 3.63) is 12.2 Å². The van der Waals surface area contributed by atoms with Crippen LogP contribution in [-0.2, 0) is 9.47 Å². The number of ether oxygens (including phenoxy) is 2. The van der Waals surface area contributed by atoms with Crippen LogP contribution in [-0.4, -0.2) is 37.6 Å². The van der Waals surface area contributed by atoms with Gasteiger partial charge in [-0.15, -0.1) is 0 Å². The summed E-state index contributed by atoms with van der Waals surface area (Å²) in [5, 5.41) is 9.58. The Balaban J connectivity index is 3.29. The molecule has 0 radical (unpaired) electrons. The average Bonchev–Trinajstić information content (AvgIpc) is 2.97. The quantitative estimate of drug-likeness (QED) is 0.0612. The summed E-state index contributed by atoms with van der Waals surface area (Å²) in [5.74, 6) is 0. The van der Waals surface area contributed by atoms with Crippen molar-refractivity contribution < 1.29 is 14.6 Å². The molecule has 0 fully saturated rings. The first-order chi connectivity index (χ1) is 19.8. The third kappa shape index (κ3) is 33.8. The number of hydrogen-bond acceptors (Lipinski definition) is 3. The van der Waals surface area contributed by atoms with Gasteiger partial charge in [-0.25, -0.2) is 0 Å². The first-order valence-electron chi connectivity index (χ1n) is 18.3. The van der Waals surface area contributed by atoms with E-state index in [1.807, 2.05) is 0 Å². The van der Waals surface area contributed by atoms with Crippen molar-refractivity contribution in [3.63, 3.8) is 0 Å². The van der Waals surface area contributed by atoms with Gasteiger partial charge in [-0.1, -0.05) is 167 Å². The van der Waals surface area contributed by atoms with Gasteiger partial charge in [-0.05, 0) is 38.5 Å². The van der Waals surface area contributed by atoms with Gasteiger partial charge in [-0.2, -0.15) is 0 Å². The Bertz CT molecular complexity index is 464. The van der Waals surface area contributed by atoms with Crippen molar-refractivity contribution in [1.82, 2.24) is 0 Å². The maximum atomic E-state index is 9.58. The Hall–Kier alpha value is -0.380. The smallest absolute Gasteiger partial charge is 0.104 e. The summed E-state index contributed by atoms with van der Waals surface area (Å²) in [4.78, 5) is 0. The molecule has 3 heteroatoms. The van der Waals surface area contributed by atoms with Crippen LogP contribution in [0, 0.1) is 0 Å². The number of aliphatic hydroxyl groups excluding tert-OH is 1. The van der Waals surface area contributed by atoms with Crippen LogP contribution in [0.1, 0.15) is 194 Å². The van der Waals surface area contributed by atoms with E-state index in [1.54, 1.807) is 0 Å². The zero-order chi connectivity index (χ0) is 29.0. The summed E-state index contributed by atoms with van der Waals surface area (Å²) < 4.78 is 11.6. The van der Waals surface area contributed by atoms with Crippen LogP contribution in [0.5, 0.6) is 0 Å². The Labute approximate surface area is 252 Å². The molecule has 0 saturated heterocycles. The molecule has 3 nitrogen and oxygen atoms in total. The predicted molar refractivity (Wildman–Crippen MR) is 177 cm³/mol. The highest BCUT2D eigenvalue weighted by atomic mass is 16.5. The summed E-state index contributed by atoms with van der Waals surface area (Å²) in [6.07, 6.45) is 42.4. The second kappa shape index (κ2) is 36.6. The van der Waals surface area contributed by atoms with E-state index in [9.17, 15) is 5.11 Å². The summed E-state index contributed by atoms with van der Waals surface area (Å²) in [6.45, 7) is 6.70. The fourth-order valence-electron chi connectivity index (χ4n) is 5.37. The minimum atomic E-state index is -0.156. The lowest BCUT2D eigenvalue weighted by Crippen LogP contribution is -2.24. The van der Waals surface area contributed by atoms with E-state index in [0.717, 1.165) is 26.1 Å². The SMILES string of the molecule is CCCCCCCC/C=C\CCCCCCCCOC[C@H](CO)OCCCCCCCCCCCCCCCC. The molecule has 0 aromatic carbocycles. The van der Waals surface area contributed by atoms with Crippen LogP contribution >= 0.6 is 0 Å². The van der Waals surface area contributed by atoms with Crippen LogP contribution in [0.15, 0.2) is 12.2 Å². The molecule has 0 unspecified atom stereocenters. The Morgan fingerprint density at radius 1 is 0.450 bits per heavy atom. The van der Waals surface area contributed by atoms with Crippen molar-refractivity contribution in [2.24, 2.45) is 0 Å². The van der Waals surface area contributed by atoms with Gasteiger partial charge >= 0.3 is 0 Å². The lowest BCUT2D eigenvalue weighted by Gasteiger charge is -2.15. The fourth-order valence-corrected chi connectivity index (χ4v) is 5.37. The van der Waals surface area contributed by atoms with E-state index in [0.29, 0.717) is 6.61 Å². The van der Waals surface area contributed by atoms with Gasteiger partial charge < -0.3 is 14.6 Å². The number of rotatable bonds is 35. The molecule has 0 rings (SSSR count). The molecule has 0 aliphatic rings. The van der Waals surface area contributed by atoms with Gasteiger partial charge in [0.2, 0.25) is 0 Å². The highest BCUT2D eigenvalue weighted by molar-refractivity contribution is 4.81. The van der Waals surface area contributed by atoms with Gasteiger partial charge in [0, 0.05) is 13.2 Å². The molecule has 0 heterocycles. The van der Waals surface area contributed by atoms with Crippen molar-refractivity contribution >= 4 is 0 Å². The van der Waals surface area contributed by atoms with Gasteiger partial charge in [-0.3, -0.25) is 0 Å². The topological polar surface area (TPSA) is 38.7 Å². The minimum absolute atomic E-state index is 0.0615. The standard InChI is InChI=1S/C37H74O3/c1-3-5-7-9-11-13-15-17-19-20-21-23-25-27-29-31-33-39-36-37(35-38)40-34-32-30-28-26-24-22-18-16-14-12-10-8-6-4-2/h17,19,37-38H,3-16,18,20-36H2,1-2H3/b19-17-/t37-/m0/s1. The molecule has 0 saturated carbocycles. The van der Waals surface area contributed by atoms with E-state index in [1.165, 1.54) is 167 Å². The normalized spacial score (nSPS) is 12.6. The van der Waals surface area contributed by atoms with Crippen LogP contribution in [0.3, 0.4) is 0 Å². The van der Waals surface area contributed by atoms with Crippen molar-refractivity contribution in [3.8, 4) is 0 Å². The molecule has 1 atom stereocenters. The van der Waals surface area contributed by atoms with Crippen LogP contribution in [0.2, 0.25) is 0 Å². The molecule has 0 aliphatic carbocycles. The third-order valence-electron chi connectivity index (χ3n) is 8.16. The van der Waals surface area contributed by atoms with Gasteiger partial charge in [0.15, 0.2) is 0 Å². The number of unbranched alkanes of at least 4 members (excludes halogenated alkanes) is 25. The van der Waals surface area contributed by atoms with E-state index in [-0.39, 0.29) is 12.7 Å². The fraction of sp³-hybridized carbons (Fsp3) is 0.946. The van der Waals surface area contributed by atoms with Gasteiger partial charge in [0.05, 0.1) is 13.2 Å². The Morgan fingerprint density at radius 3 is 1.20 bits per heavy atom. The van der Waals surface area contributed by atoms with Crippen LogP contribution in [0.25, 0.3) is 0 Å². The zero-order valence-corrected chi connectivity index (χ0v) is 27.6.